The molecule has 3 heterocycles. The first-order valence-corrected chi connectivity index (χ1v) is 10.9. The summed E-state index contributed by atoms with van der Waals surface area (Å²) in [4.78, 5) is 56.4. The van der Waals surface area contributed by atoms with E-state index in [-0.39, 0.29) is 33.2 Å². The number of benzene rings is 2. The van der Waals surface area contributed by atoms with E-state index in [0.29, 0.717) is 16.9 Å². The number of nitrogens with one attached hydrogen (secondary N) is 1. The number of fused-ring (bicyclic) bond motifs is 2. The van der Waals surface area contributed by atoms with Crippen LogP contribution in [-0.2, 0) is 9.59 Å². The van der Waals surface area contributed by atoms with Crippen LogP contribution in [0.15, 0.2) is 58.1 Å². The summed E-state index contributed by atoms with van der Waals surface area (Å²) in [5, 5.41) is 6.79. The van der Waals surface area contributed by atoms with Gasteiger partial charge in [0.25, 0.3) is 17.0 Å². The fourth-order valence-corrected chi connectivity index (χ4v) is 4.67. The van der Waals surface area contributed by atoms with Gasteiger partial charge in [0.1, 0.15) is 16.8 Å². The highest BCUT2D eigenvalue weighted by Crippen LogP contribution is 2.35. The number of carbonyl (C=O) groups excluding carboxylic acids is 2. The van der Waals surface area contributed by atoms with Crippen molar-refractivity contribution in [3.63, 3.8) is 0 Å². The van der Waals surface area contributed by atoms with E-state index in [9.17, 15) is 19.2 Å². The predicted octanol–water partition coefficient (Wildman–Crippen LogP) is 1.03. The van der Waals surface area contributed by atoms with E-state index >= 15 is 0 Å². The lowest BCUT2D eigenvalue weighted by atomic mass is 10.1. The molecule has 164 valence electrons. The fourth-order valence-electron chi connectivity index (χ4n) is 3.68. The first-order valence-electron chi connectivity index (χ1n) is 10.1. The van der Waals surface area contributed by atoms with Crippen LogP contribution in [0.5, 0.6) is 0 Å². The van der Waals surface area contributed by atoms with Crippen molar-refractivity contribution in [1.29, 1.82) is 0 Å². The molecule has 2 aromatic heterocycles. The molecule has 4 aromatic rings. The van der Waals surface area contributed by atoms with E-state index < -0.39 is 17.0 Å². The molecule has 1 N–H and O–H groups in total. The average molecular weight is 459 g/mol. The van der Waals surface area contributed by atoms with Gasteiger partial charge in [0, 0.05) is 11.3 Å². The lowest BCUT2D eigenvalue weighted by Gasteiger charge is -2.16. The summed E-state index contributed by atoms with van der Waals surface area (Å²) in [6, 6.07) is 14.3. The monoisotopic (exact) mass is 459 g/mol. The minimum absolute atomic E-state index is 0.0894. The largest absolute Gasteiger partial charge is 0.325 e. The minimum atomic E-state index is -0.533. The second-order valence-electron chi connectivity index (χ2n) is 7.63. The lowest BCUT2D eigenvalue weighted by Crippen LogP contribution is -2.37. The van der Waals surface area contributed by atoms with E-state index in [0.717, 1.165) is 21.4 Å². The van der Waals surface area contributed by atoms with Crippen LogP contribution in [0.2, 0.25) is 0 Å². The highest BCUT2D eigenvalue weighted by molar-refractivity contribution is 7.15. The molecule has 2 amide bonds. The molecule has 1 aliphatic rings. The fraction of sp³-hybridized carbons (Fsp3) is 0.130. The van der Waals surface area contributed by atoms with Gasteiger partial charge in [-0.3, -0.25) is 24.1 Å². The van der Waals surface area contributed by atoms with E-state index in [1.54, 1.807) is 36.4 Å². The van der Waals surface area contributed by atoms with Gasteiger partial charge in [-0.25, -0.2) is 0 Å². The van der Waals surface area contributed by atoms with Gasteiger partial charge in [-0.2, -0.15) is 14.6 Å². The molecule has 0 atom stereocenters. The molecule has 1 aliphatic heterocycles. The molecule has 0 fully saturated rings. The van der Waals surface area contributed by atoms with Crippen LogP contribution in [0.25, 0.3) is 10.5 Å². The van der Waals surface area contributed by atoms with Crippen molar-refractivity contribution in [3.8, 4) is 0 Å². The van der Waals surface area contributed by atoms with Crippen molar-refractivity contribution >= 4 is 45.1 Å². The van der Waals surface area contributed by atoms with Gasteiger partial charge in [-0.15, -0.1) is 0 Å². The SMILES string of the molecule is Cc1ccc(NC(=O)CN2C(=O)/C(=c3\sc4nc(=O)c(C)nn4c3=O)c3ccccc32)cc1. The summed E-state index contributed by atoms with van der Waals surface area (Å²) in [7, 11) is 0. The zero-order valence-electron chi connectivity index (χ0n) is 17.7. The van der Waals surface area contributed by atoms with E-state index in [4.69, 9.17) is 0 Å². The number of thiazole rings is 1. The molecule has 0 aliphatic carbocycles. The van der Waals surface area contributed by atoms with Crippen molar-refractivity contribution < 1.29 is 9.59 Å². The second-order valence-corrected chi connectivity index (χ2v) is 8.61. The molecule has 0 unspecified atom stereocenters. The van der Waals surface area contributed by atoms with Crippen molar-refractivity contribution in [2.24, 2.45) is 0 Å². The smallest absolute Gasteiger partial charge is 0.295 e. The number of aryl methyl sites for hydroxylation is 2. The van der Waals surface area contributed by atoms with Crippen LogP contribution in [0, 0.1) is 13.8 Å². The van der Waals surface area contributed by atoms with Gasteiger partial charge in [-0.1, -0.05) is 47.2 Å². The number of para-hydroxylation sites is 1. The number of rotatable bonds is 3. The number of nitrogens with zero attached hydrogens (tertiary/aromatic N) is 4. The van der Waals surface area contributed by atoms with Crippen LogP contribution in [0.1, 0.15) is 16.8 Å². The summed E-state index contributed by atoms with van der Waals surface area (Å²) >= 11 is 0.928. The Morgan fingerprint density at radius 1 is 1.03 bits per heavy atom. The molecular weight excluding hydrogens is 442 g/mol. The molecule has 2 aromatic carbocycles. The van der Waals surface area contributed by atoms with E-state index in [1.165, 1.54) is 11.8 Å². The molecule has 33 heavy (non-hydrogen) atoms. The van der Waals surface area contributed by atoms with Crippen molar-refractivity contribution in [3.05, 3.63) is 90.6 Å². The topological polar surface area (TPSA) is 114 Å². The standard InChI is InChI=1S/C23H17N5O4S/c1-12-7-9-14(10-8-12)24-17(29)11-27-16-6-4-3-5-15(16)18(21(27)31)19-22(32)28-23(33-19)25-20(30)13(2)26-28/h3-10H,11H2,1-2H3,(H,24,29)/b19-18-. The van der Waals surface area contributed by atoms with Crippen LogP contribution >= 0.6 is 11.3 Å². The van der Waals surface area contributed by atoms with Crippen LogP contribution in [0.3, 0.4) is 0 Å². The molecule has 0 radical (unpaired) electrons. The summed E-state index contributed by atoms with van der Waals surface area (Å²) < 4.78 is 1.16. The Kier molecular flexibility index (Phi) is 4.86. The summed E-state index contributed by atoms with van der Waals surface area (Å²) in [6.45, 7) is 3.19. The number of aromatic nitrogens is 3. The molecule has 0 saturated heterocycles. The van der Waals surface area contributed by atoms with Crippen LogP contribution < -0.4 is 25.9 Å². The molecule has 5 rings (SSSR count). The van der Waals surface area contributed by atoms with E-state index in [1.807, 2.05) is 19.1 Å². The average Bonchev–Trinajstić information content (AvgIpc) is 3.24. The zero-order valence-corrected chi connectivity index (χ0v) is 18.5. The van der Waals surface area contributed by atoms with Crippen molar-refractivity contribution in [2.75, 3.05) is 16.8 Å². The molecular formula is C23H17N5O4S. The summed E-state index contributed by atoms with van der Waals surface area (Å²) in [5.41, 5.74) is 1.95. The summed E-state index contributed by atoms with van der Waals surface area (Å²) in [5.74, 6) is -0.843. The molecule has 0 saturated carbocycles. The Bertz CT molecular complexity index is 1620. The third kappa shape index (κ3) is 3.50. The maximum Gasteiger partial charge on any atom is 0.295 e. The number of amides is 2. The first-order chi connectivity index (χ1) is 15.8. The Hall–Kier alpha value is -4.18. The number of hydrogen-bond donors (Lipinski definition) is 1. The third-order valence-corrected chi connectivity index (χ3v) is 6.33. The number of carbonyl (C=O) groups is 2. The Morgan fingerprint density at radius 2 is 1.76 bits per heavy atom. The van der Waals surface area contributed by atoms with Crippen LogP contribution in [-0.4, -0.2) is 33.0 Å². The third-order valence-electron chi connectivity index (χ3n) is 5.31. The van der Waals surface area contributed by atoms with Crippen molar-refractivity contribution in [2.45, 2.75) is 13.8 Å². The highest BCUT2D eigenvalue weighted by atomic mass is 32.1. The maximum absolute atomic E-state index is 13.4. The maximum atomic E-state index is 13.4. The van der Waals surface area contributed by atoms with Gasteiger partial charge in [0.05, 0.1) is 11.3 Å². The van der Waals surface area contributed by atoms with Gasteiger partial charge in [0.15, 0.2) is 0 Å². The molecule has 0 bridgehead atoms. The van der Waals surface area contributed by atoms with E-state index in [2.05, 4.69) is 15.4 Å². The normalized spacial score (nSPS) is 14.6. The Labute approximate surface area is 190 Å². The van der Waals surface area contributed by atoms with Gasteiger partial charge in [-0.05, 0) is 32.0 Å². The van der Waals surface area contributed by atoms with Gasteiger partial charge >= 0.3 is 0 Å². The highest BCUT2D eigenvalue weighted by Gasteiger charge is 2.35. The number of anilines is 2. The lowest BCUT2D eigenvalue weighted by molar-refractivity contribution is -0.118. The molecule has 10 heteroatoms. The van der Waals surface area contributed by atoms with Crippen molar-refractivity contribution in [1.82, 2.24) is 14.6 Å². The Balaban J connectivity index is 1.59. The second kappa shape index (κ2) is 7.75. The van der Waals surface area contributed by atoms with Gasteiger partial charge in [0.2, 0.25) is 10.9 Å². The van der Waals surface area contributed by atoms with Gasteiger partial charge < -0.3 is 5.32 Å². The predicted molar refractivity (Wildman–Crippen MR) is 124 cm³/mol. The van der Waals surface area contributed by atoms with Crippen LogP contribution in [0.4, 0.5) is 11.4 Å². The number of hydrogen-bond acceptors (Lipinski definition) is 7. The minimum Gasteiger partial charge on any atom is -0.325 e. The zero-order chi connectivity index (χ0) is 23.3. The Morgan fingerprint density at radius 3 is 2.52 bits per heavy atom. The quantitative estimate of drug-likeness (QED) is 0.490. The summed E-state index contributed by atoms with van der Waals surface area (Å²) in [6.07, 6.45) is 0. The molecule has 0 spiro atoms. The first kappa shape index (κ1) is 20.7. The molecule has 9 nitrogen and oxygen atoms in total.